The van der Waals surface area contributed by atoms with Gasteiger partial charge in [0.2, 0.25) is 5.91 Å². The second kappa shape index (κ2) is 7.01. The maximum absolute atomic E-state index is 12.2. The Labute approximate surface area is 134 Å². The summed E-state index contributed by atoms with van der Waals surface area (Å²) in [7, 11) is 1.78. The van der Waals surface area contributed by atoms with Crippen LogP contribution in [-0.2, 0) is 11.2 Å². The van der Waals surface area contributed by atoms with Crippen LogP contribution >= 0.6 is 23.2 Å². The molecule has 5 heteroatoms. The van der Waals surface area contributed by atoms with E-state index in [-0.39, 0.29) is 11.9 Å². The number of rotatable bonds is 5. The lowest BCUT2D eigenvalue weighted by molar-refractivity contribution is -0.132. The smallest absolute Gasteiger partial charge is 0.223 e. The SMILES string of the molecule is CC(c1ccco1)N(C)C(=O)CCc1ccc(Cl)cc1Cl. The van der Waals surface area contributed by atoms with E-state index in [0.29, 0.717) is 22.9 Å². The van der Waals surface area contributed by atoms with Crippen LogP contribution in [0.2, 0.25) is 10.0 Å². The number of carbonyl (C=O) groups is 1. The number of furan rings is 1. The number of halogens is 2. The molecule has 0 fully saturated rings. The molecule has 2 rings (SSSR count). The molecule has 0 radical (unpaired) electrons. The molecule has 0 aliphatic rings. The Hall–Kier alpha value is -1.45. The molecule has 1 heterocycles. The van der Waals surface area contributed by atoms with Gasteiger partial charge in [-0.3, -0.25) is 4.79 Å². The second-order valence-corrected chi connectivity index (χ2v) is 5.78. The van der Waals surface area contributed by atoms with Crippen molar-refractivity contribution >= 4 is 29.1 Å². The summed E-state index contributed by atoms with van der Waals surface area (Å²) >= 11 is 12.0. The summed E-state index contributed by atoms with van der Waals surface area (Å²) in [6.07, 6.45) is 2.59. The first-order valence-electron chi connectivity index (χ1n) is 6.72. The fraction of sp³-hybridized carbons (Fsp3) is 0.312. The highest BCUT2D eigenvalue weighted by Crippen LogP contribution is 2.24. The molecule has 2 aromatic rings. The van der Waals surface area contributed by atoms with Gasteiger partial charge in [0.15, 0.2) is 0 Å². The van der Waals surface area contributed by atoms with E-state index in [1.54, 1.807) is 30.3 Å². The van der Waals surface area contributed by atoms with Crippen LogP contribution in [0.25, 0.3) is 0 Å². The molecule has 1 aromatic carbocycles. The van der Waals surface area contributed by atoms with Crippen LogP contribution in [0.5, 0.6) is 0 Å². The Morgan fingerprint density at radius 3 is 2.71 bits per heavy atom. The van der Waals surface area contributed by atoms with E-state index >= 15 is 0 Å². The van der Waals surface area contributed by atoms with Crippen LogP contribution in [0.1, 0.15) is 30.7 Å². The van der Waals surface area contributed by atoms with Crippen LogP contribution in [0.4, 0.5) is 0 Å². The van der Waals surface area contributed by atoms with E-state index < -0.39 is 0 Å². The monoisotopic (exact) mass is 325 g/mol. The minimum atomic E-state index is -0.0896. The number of carbonyl (C=O) groups excluding carboxylic acids is 1. The van der Waals surface area contributed by atoms with E-state index in [9.17, 15) is 4.79 Å². The summed E-state index contributed by atoms with van der Waals surface area (Å²) in [6.45, 7) is 1.94. The number of aryl methyl sites for hydroxylation is 1. The van der Waals surface area contributed by atoms with Gasteiger partial charge < -0.3 is 9.32 Å². The number of nitrogens with zero attached hydrogens (tertiary/aromatic N) is 1. The van der Waals surface area contributed by atoms with Crippen molar-refractivity contribution in [1.29, 1.82) is 0 Å². The van der Waals surface area contributed by atoms with Crippen molar-refractivity contribution < 1.29 is 9.21 Å². The van der Waals surface area contributed by atoms with E-state index in [2.05, 4.69) is 0 Å². The minimum absolute atomic E-state index is 0.0462. The third-order valence-electron chi connectivity index (χ3n) is 3.55. The third kappa shape index (κ3) is 4.02. The van der Waals surface area contributed by atoms with Gasteiger partial charge in [-0.15, -0.1) is 0 Å². The molecule has 1 aromatic heterocycles. The minimum Gasteiger partial charge on any atom is -0.467 e. The van der Waals surface area contributed by atoms with Gasteiger partial charge in [-0.2, -0.15) is 0 Å². The standard InChI is InChI=1S/C16H17Cl2NO2/c1-11(15-4-3-9-21-15)19(2)16(20)8-6-12-5-7-13(17)10-14(12)18/h3-5,7,9-11H,6,8H2,1-2H3. The van der Waals surface area contributed by atoms with E-state index in [4.69, 9.17) is 27.6 Å². The molecule has 21 heavy (non-hydrogen) atoms. The lowest BCUT2D eigenvalue weighted by Crippen LogP contribution is -2.29. The predicted octanol–water partition coefficient (Wildman–Crippen LogP) is 4.74. The molecule has 0 aliphatic heterocycles. The zero-order chi connectivity index (χ0) is 15.4. The highest BCUT2D eigenvalue weighted by Gasteiger charge is 2.19. The van der Waals surface area contributed by atoms with Crippen molar-refractivity contribution in [3.63, 3.8) is 0 Å². The van der Waals surface area contributed by atoms with E-state index in [0.717, 1.165) is 11.3 Å². The van der Waals surface area contributed by atoms with Gasteiger partial charge in [0.25, 0.3) is 0 Å². The maximum atomic E-state index is 12.2. The summed E-state index contributed by atoms with van der Waals surface area (Å²) in [6, 6.07) is 8.92. The molecule has 0 aliphatic carbocycles. The van der Waals surface area contributed by atoms with Crippen LogP contribution in [0, 0.1) is 0 Å². The van der Waals surface area contributed by atoms with Gasteiger partial charge in [0.1, 0.15) is 5.76 Å². The highest BCUT2D eigenvalue weighted by molar-refractivity contribution is 6.35. The van der Waals surface area contributed by atoms with Crippen LogP contribution in [-0.4, -0.2) is 17.9 Å². The summed E-state index contributed by atoms with van der Waals surface area (Å²) in [5.41, 5.74) is 0.925. The summed E-state index contributed by atoms with van der Waals surface area (Å²) < 4.78 is 5.33. The molecule has 1 unspecified atom stereocenters. The number of hydrogen-bond donors (Lipinski definition) is 0. The molecule has 1 atom stereocenters. The van der Waals surface area contributed by atoms with Gasteiger partial charge >= 0.3 is 0 Å². The molecular weight excluding hydrogens is 309 g/mol. The molecule has 0 saturated heterocycles. The molecule has 3 nitrogen and oxygen atoms in total. The highest BCUT2D eigenvalue weighted by atomic mass is 35.5. The third-order valence-corrected chi connectivity index (χ3v) is 4.14. The average Bonchev–Trinajstić information content (AvgIpc) is 2.98. The van der Waals surface area contributed by atoms with Crippen LogP contribution in [0.3, 0.4) is 0 Å². The van der Waals surface area contributed by atoms with Gasteiger partial charge in [0, 0.05) is 23.5 Å². The van der Waals surface area contributed by atoms with E-state index in [1.165, 1.54) is 0 Å². The fourth-order valence-electron chi connectivity index (χ4n) is 2.08. The van der Waals surface area contributed by atoms with Crippen molar-refractivity contribution in [1.82, 2.24) is 4.90 Å². The second-order valence-electron chi connectivity index (χ2n) is 4.93. The van der Waals surface area contributed by atoms with Gasteiger partial charge in [-0.25, -0.2) is 0 Å². The number of amides is 1. The molecule has 112 valence electrons. The fourth-order valence-corrected chi connectivity index (χ4v) is 2.58. The average molecular weight is 326 g/mol. The lowest BCUT2D eigenvalue weighted by Gasteiger charge is -2.23. The first-order valence-corrected chi connectivity index (χ1v) is 7.47. The molecule has 0 spiro atoms. The Bertz CT molecular complexity index is 611. The van der Waals surface area contributed by atoms with Crippen molar-refractivity contribution in [2.45, 2.75) is 25.8 Å². The Morgan fingerprint density at radius 1 is 1.33 bits per heavy atom. The Kier molecular flexibility index (Phi) is 5.32. The lowest BCUT2D eigenvalue weighted by atomic mass is 10.1. The Morgan fingerprint density at radius 2 is 2.10 bits per heavy atom. The van der Waals surface area contributed by atoms with Crippen LogP contribution in [0.15, 0.2) is 41.0 Å². The zero-order valence-electron chi connectivity index (χ0n) is 12.0. The van der Waals surface area contributed by atoms with Crippen molar-refractivity contribution in [3.8, 4) is 0 Å². The zero-order valence-corrected chi connectivity index (χ0v) is 13.5. The molecular formula is C16H17Cl2NO2. The first-order chi connectivity index (χ1) is 9.99. The van der Waals surface area contributed by atoms with Gasteiger partial charge in [-0.1, -0.05) is 29.3 Å². The van der Waals surface area contributed by atoms with Crippen molar-refractivity contribution in [2.75, 3.05) is 7.05 Å². The molecule has 0 bridgehead atoms. The van der Waals surface area contributed by atoms with E-state index in [1.807, 2.05) is 25.1 Å². The van der Waals surface area contributed by atoms with Crippen LogP contribution < -0.4 is 0 Å². The summed E-state index contributed by atoms with van der Waals surface area (Å²) in [5.74, 6) is 0.820. The molecule has 0 N–H and O–H groups in total. The van der Waals surface area contributed by atoms with Gasteiger partial charge in [0.05, 0.1) is 12.3 Å². The molecule has 1 amide bonds. The number of benzene rings is 1. The normalized spacial score (nSPS) is 12.2. The first kappa shape index (κ1) is 15.9. The van der Waals surface area contributed by atoms with Gasteiger partial charge in [-0.05, 0) is 43.2 Å². The van der Waals surface area contributed by atoms with Crippen molar-refractivity contribution in [2.24, 2.45) is 0 Å². The predicted molar refractivity (Wildman–Crippen MR) is 84.7 cm³/mol. The Balaban J connectivity index is 1.95. The number of hydrogen-bond acceptors (Lipinski definition) is 2. The maximum Gasteiger partial charge on any atom is 0.223 e. The van der Waals surface area contributed by atoms with Crippen molar-refractivity contribution in [3.05, 3.63) is 58.0 Å². The summed E-state index contributed by atoms with van der Waals surface area (Å²) in [4.78, 5) is 13.9. The largest absolute Gasteiger partial charge is 0.467 e. The summed E-state index contributed by atoms with van der Waals surface area (Å²) in [5, 5.41) is 1.19. The molecule has 0 saturated carbocycles. The topological polar surface area (TPSA) is 33.5 Å². The quantitative estimate of drug-likeness (QED) is 0.795.